The third-order valence-electron chi connectivity index (χ3n) is 7.57. The van der Waals surface area contributed by atoms with E-state index in [-0.39, 0.29) is 35.3 Å². The summed E-state index contributed by atoms with van der Waals surface area (Å²) >= 11 is 0. The number of carbonyl (C=O) groups is 2. The number of hydrogen-bond acceptors (Lipinski definition) is 6. The second-order valence-electron chi connectivity index (χ2n) is 10.8. The molecule has 17 heteroatoms. The molecule has 3 heterocycles. The first kappa shape index (κ1) is 34.6. The third-order valence-corrected chi connectivity index (χ3v) is 7.57. The van der Waals surface area contributed by atoms with Crippen molar-refractivity contribution in [1.29, 1.82) is 5.41 Å². The molecule has 4 aromatic rings. The number of nitrogens with one attached hydrogen (secondary N) is 2. The molecule has 0 saturated heterocycles. The minimum atomic E-state index is -5.01. The summed E-state index contributed by atoms with van der Waals surface area (Å²) in [6, 6.07) is 6.27. The van der Waals surface area contributed by atoms with Crippen molar-refractivity contribution in [2.75, 3.05) is 5.73 Å². The zero-order valence-electron chi connectivity index (χ0n) is 24.9. The molecule has 5 rings (SSSR count). The van der Waals surface area contributed by atoms with Crippen molar-refractivity contribution in [1.82, 2.24) is 24.6 Å². The van der Waals surface area contributed by atoms with Crippen LogP contribution in [0.5, 0.6) is 0 Å². The van der Waals surface area contributed by atoms with Crippen molar-refractivity contribution in [3.05, 3.63) is 93.6 Å². The number of carbonyl (C=O) groups excluding carboxylic acids is 2. The van der Waals surface area contributed by atoms with E-state index < -0.39 is 72.0 Å². The molecule has 0 aliphatic heterocycles. The van der Waals surface area contributed by atoms with Crippen LogP contribution in [0.3, 0.4) is 0 Å². The molecule has 0 radical (unpaired) electrons. The zero-order valence-corrected chi connectivity index (χ0v) is 24.9. The largest absolute Gasteiger partial charge is 0.435 e. The Balaban J connectivity index is 0.00000160. The molecule has 250 valence electrons. The number of primary amides is 1. The van der Waals surface area contributed by atoms with E-state index in [1.807, 2.05) is 0 Å². The molecule has 0 bridgehead atoms. The lowest BCUT2D eigenvalue weighted by Gasteiger charge is -2.23. The summed E-state index contributed by atoms with van der Waals surface area (Å²) in [6.07, 6.45) is -5.13. The van der Waals surface area contributed by atoms with E-state index in [0.29, 0.717) is 27.6 Å². The standard InChI is InChI=1S/C29H26F7N7O.CH3NO/c1-14-19(3-4-23(38)42(14)2)21-11-18(37)12-39-25(21)22(9-15-7-16(30)10-17(31)8-15)40-24(44)13-43-27-20(5-6-28(27,32)33)26(41-43)29(34,35)36;2-1-3/h3-4,7-8,10-12,22,38H,5-6,9,13,37H2,1-2H3,(H,40,44);1H,(H2,2,3). The molecule has 6 N–H and O–H groups in total. The minimum absolute atomic E-state index is 0.104. The van der Waals surface area contributed by atoms with Crippen LogP contribution in [0.4, 0.5) is 36.4 Å². The highest BCUT2D eigenvalue weighted by Crippen LogP contribution is 2.46. The van der Waals surface area contributed by atoms with Gasteiger partial charge >= 0.3 is 6.18 Å². The Morgan fingerprint density at radius 1 is 1.15 bits per heavy atom. The molecule has 0 saturated carbocycles. The Morgan fingerprint density at radius 3 is 2.40 bits per heavy atom. The van der Waals surface area contributed by atoms with Gasteiger partial charge in [-0.15, -0.1) is 0 Å². The van der Waals surface area contributed by atoms with E-state index in [1.54, 1.807) is 30.7 Å². The number of benzene rings is 1. The summed E-state index contributed by atoms with van der Waals surface area (Å²) in [5, 5.41) is 14.0. The molecule has 2 amide bonds. The highest BCUT2D eigenvalue weighted by Gasteiger charge is 2.50. The zero-order chi connectivity index (χ0) is 34.8. The maximum absolute atomic E-state index is 14.6. The van der Waals surface area contributed by atoms with E-state index in [4.69, 9.17) is 15.9 Å². The molecule has 0 fully saturated rings. The second kappa shape index (κ2) is 13.3. The fourth-order valence-corrected chi connectivity index (χ4v) is 5.47. The Kier molecular flexibility index (Phi) is 9.77. The normalized spacial score (nSPS) is 14.1. The number of anilines is 1. The average molecular weight is 667 g/mol. The molecule has 1 aliphatic rings. The van der Waals surface area contributed by atoms with Gasteiger partial charge in [-0.3, -0.25) is 24.7 Å². The monoisotopic (exact) mass is 666 g/mol. The van der Waals surface area contributed by atoms with Gasteiger partial charge in [-0.05, 0) is 55.7 Å². The Labute approximate surface area is 262 Å². The van der Waals surface area contributed by atoms with Crippen LogP contribution in [-0.2, 0) is 48.1 Å². The Morgan fingerprint density at radius 2 is 1.79 bits per heavy atom. The van der Waals surface area contributed by atoms with Gasteiger partial charge in [0.1, 0.15) is 29.4 Å². The van der Waals surface area contributed by atoms with Gasteiger partial charge < -0.3 is 21.4 Å². The van der Waals surface area contributed by atoms with Crippen LogP contribution in [0, 0.1) is 24.0 Å². The van der Waals surface area contributed by atoms with E-state index in [1.165, 1.54) is 12.3 Å². The first-order valence-corrected chi connectivity index (χ1v) is 13.9. The molecule has 1 atom stereocenters. The number of halogens is 7. The maximum atomic E-state index is 14.6. The van der Waals surface area contributed by atoms with Crippen molar-refractivity contribution in [3.8, 4) is 11.1 Å². The second-order valence-corrected chi connectivity index (χ2v) is 10.8. The van der Waals surface area contributed by atoms with E-state index in [2.05, 4.69) is 21.1 Å². The minimum Gasteiger partial charge on any atom is -0.397 e. The summed E-state index contributed by atoms with van der Waals surface area (Å²) in [5.41, 5.74) is 9.33. The van der Waals surface area contributed by atoms with E-state index in [9.17, 15) is 35.5 Å². The molecule has 3 aromatic heterocycles. The van der Waals surface area contributed by atoms with Gasteiger partial charge in [0.2, 0.25) is 12.3 Å². The summed E-state index contributed by atoms with van der Waals surface area (Å²) in [7, 11) is 1.66. The molecule has 47 heavy (non-hydrogen) atoms. The molecular formula is C30H29F7N8O2. The number of nitrogens with zero attached hydrogens (tertiary/aromatic N) is 4. The lowest BCUT2D eigenvalue weighted by molar-refractivity contribution is -0.142. The van der Waals surface area contributed by atoms with E-state index in [0.717, 1.165) is 12.1 Å². The average Bonchev–Trinajstić information content (AvgIpc) is 3.49. The van der Waals surface area contributed by atoms with Crippen LogP contribution in [-0.4, -0.2) is 31.6 Å². The Hall–Kier alpha value is -5.22. The molecule has 10 nitrogen and oxygen atoms in total. The quantitative estimate of drug-likeness (QED) is 0.172. The summed E-state index contributed by atoms with van der Waals surface area (Å²) < 4.78 is 100. The predicted molar refractivity (Wildman–Crippen MR) is 154 cm³/mol. The number of pyridine rings is 2. The Bertz CT molecular complexity index is 1860. The highest BCUT2D eigenvalue weighted by atomic mass is 19.4. The van der Waals surface area contributed by atoms with Gasteiger partial charge in [0.25, 0.3) is 5.92 Å². The third kappa shape index (κ3) is 7.44. The van der Waals surface area contributed by atoms with Crippen molar-refractivity contribution in [2.24, 2.45) is 12.8 Å². The van der Waals surface area contributed by atoms with Crippen LogP contribution in [0.15, 0.2) is 42.6 Å². The highest BCUT2D eigenvalue weighted by molar-refractivity contribution is 5.78. The molecular weight excluding hydrogens is 637 g/mol. The van der Waals surface area contributed by atoms with Gasteiger partial charge in [-0.2, -0.15) is 27.1 Å². The van der Waals surface area contributed by atoms with Crippen LogP contribution in [0.2, 0.25) is 0 Å². The maximum Gasteiger partial charge on any atom is 0.435 e. The number of hydrogen-bond donors (Lipinski definition) is 4. The lowest BCUT2D eigenvalue weighted by atomic mass is 9.94. The summed E-state index contributed by atoms with van der Waals surface area (Å²) in [6.45, 7) is 0.737. The van der Waals surface area contributed by atoms with Crippen LogP contribution in [0.1, 0.15) is 46.4 Å². The van der Waals surface area contributed by atoms with E-state index >= 15 is 0 Å². The summed E-state index contributed by atoms with van der Waals surface area (Å²) in [5.74, 6) is -6.41. The smallest absolute Gasteiger partial charge is 0.397 e. The van der Waals surface area contributed by atoms with Gasteiger partial charge in [0, 0.05) is 41.9 Å². The molecule has 1 aromatic carbocycles. The van der Waals surface area contributed by atoms with Crippen molar-refractivity contribution in [2.45, 2.75) is 50.9 Å². The number of rotatable bonds is 7. The van der Waals surface area contributed by atoms with Crippen LogP contribution in [0.25, 0.3) is 11.1 Å². The predicted octanol–water partition coefficient (Wildman–Crippen LogP) is 4.19. The number of amides is 2. The first-order valence-electron chi connectivity index (χ1n) is 13.9. The van der Waals surface area contributed by atoms with Crippen LogP contribution < -0.4 is 22.3 Å². The number of aromatic nitrogens is 4. The van der Waals surface area contributed by atoms with Crippen molar-refractivity contribution < 1.29 is 40.3 Å². The SMILES string of the molecule is Cc1c(-c2cc(N)cnc2C(Cc2cc(F)cc(F)c2)NC(=O)Cn2nc(C(F)(F)F)c3c2C(F)(F)CC3)ccc(=N)n1C.NC=O. The van der Waals surface area contributed by atoms with Crippen molar-refractivity contribution >= 4 is 18.0 Å². The molecule has 1 unspecified atom stereocenters. The number of alkyl halides is 5. The van der Waals surface area contributed by atoms with Gasteiger partial charge in [0.15, 0.2) is 5.69 Å². The van der Waals surface area contributed by atoms with Crippen molar-refractivity contribution in [3.63, 3.8) is 0 Å². The first-order chi connectivity index (χ1) is 22.0. The molecule has 1 aliphatic carbocycles. The lowest BCUT2D eigenvalue weighted by Crippen LogP contribution is -2.35. The topological polar surface area (TPSA) is 158 Å². The van der Waals surface area contributed by atoms with Gasteiger partial charge in [-0.25, -0.2) is 8.78 Å². The molecule has 0 spiro atoms. The number of nitrogen functional groups attached to an aromatic ring is 1. The van der Waals surface area contributed by atoms with Gasteiger partial charge in [-0.1, -0.05) is 0 Å². The number of nitrogens with two attached hydrogens (primary N) is 2. The summed E-state index contributed by atoms with van der Waals surface area (Å²) in [4.78, 5) is 26.3. The fourth-order valence-electron chi connectivity index (χ4n) is 5.47. The fraction of sp³-hybridized carbons (Fsp3) is 0.300. The van der Waals surface area contributed by atoms with Gasteiger partial charge in [0.05, 0.1) is 23.6 Å². The number of fused-ring (bicyclic) bond motifs is 1. The van der Waals surface area contributed by atoms with Crippen LogP contribution >= 0.6 is 0 Å².